The van der Waals surface area contributed by atoms with Gasteiger partial charge in [-0.05, 0) is 43.0 Å². The Kier molecular flexibility index (Phi) is 6.27. The van der Waals surface area contributed by atoms with Gasteiger partial charge in [0.2, 0.25) is 5.91 Å². The Morgan fingerprint density at radius 3 is 2.50 bits per heavy atom. The Bertz CT molecular complexity index is 750. The molecule has 0 aromatic heterocycles. The standard InChI is InChI=1S/C24H30N2O2/c27-24(17-20-9-3-1-4-10-20)26-18-21-11-7-8-14-25(23(21)19-26)15-16-28-22-12-5-2-6-13-22/h1-6,9-10,12-13,21,23H,7-8,11,14-19H2/t21-,23+/m0/s1. The summed E-state index contributed by atoms with van der Waals surface area (Å²) in [7, 11) is 0. The van der Waals surface area contributed by atoms with Gasteiger partial charge in [-0.25, -0.2) is 0 Å². The van der Waals surface area contributed by atoms with Crippen molar-refractivity contribution in [2.75, 3.05) is 32.8 Å². The first kappa shape index (κ1) is 19.0. The van der Waals surface area contributed by atoms with Gasteiger partial charge in [0.15, 0.2) is 0 Å². The zero-order valence-corrected chi connectivity index (χ0v) is 16.5. The zero-order chi connectivity index (χ0) is 19.2. The predicted octanol–water partition coefficient (Wildman–Crippen LogP) is 3.62. The number of nitrogens with zero attached hydrogens (tertiary/aromatic N) is 2. The molecule has 2 saturated heterocycles. The van der Waals surface area contributed by atoms with Gasteiger partial charge in [-0.3, -0.25) is 9.69 Å². The normalized spacial score (nSPS) is 22.5. The molecular formula is C24H30N2O2. The highest BCUT2D eigenvalue weighted by Crippen LogP contribution is 2.30. The molecule has 0 bridgehead atoms. The quantitative estimate of drug-likeness (QED) is 0.770. The van der Waals surface area contributed by atoms with Crippen molar-refractivity contribution in [2.45, 2.75) is 31.7 Å². The van der Waals surface area contributed by atoms with E-state index >= 15 is 0 Å². The molecule has 2 aromatic rings. The van der Waals surface area contributed by atoms with E-state index in [1.807, 2.05) is 60.7 Å². The summed E-state index contributed by atoms with van der Waals surface area (Å²) < 4.78 is 5.93. The minimum Gasteiger partial charge on any atom is -0.492 e. The van der Waals surface area contributed by atoms with Crippen LogP contribution in [0, 0.1) is 5.92 Å². The van der Waals surface area contributed by atoms with Crippen LogP contribution in [0.3, 0.4) is 0 Å². The third-order valence-electron chi connectivity index (χ3n) is 6.09. The average molecular weight is 379 g/mol. The maximum Gasteiger partial charge on any atom is 0.227 e. The summed E-state index contributed by atoms with van der Waals surface area (Å²) in [6, 6.07) is 20.6. The first-order chi connectivity index (χ1) is 13.8. The van der Waals surface area contributed by atoms with Crippen LogP contribution in [-0.2, 0) is 11.2 Å². The third kappa shape index (κ3) is 4.74. The number of ether oxygens (including phenoxy) is 1. The zero-order valence-electron chi connectivity index (χ0n) is 16.5. The van der Waals surface area contributed by atoms with E-state index in [0.29, 0.717) is 25.0 Å². The van der Waals surface area contributed by atoms with Gasteiger partial charge in [-0.15, -0.1) is 0 Å². The molecule has 0 radical (unpaired) electrons. The van der Waals surface area contributed by atoms with Gasteiger partial charge in [0.05, 0.1) is 6.42 Å². The van der Waals surface area contributed by atoms with Crippen molar-refractivity contribution in [3.63, 3.8) is 0 Å². The maximum atomic E-state index is 12.8. The van der Waals surface area contributed by atoms with Gasteiger partial charge in [-0.1, -0.05) is 55.0 Å². The number of carbonyl (C=O) groups excluding carboxylic acids is 1. The molecule has 2 heterocycles. The predicted molar refractivity (Wildman–Crippen MR) is 111 cm³/mol. The average Bonchev–Trinajstić information content (AvgIpc) is 3.07. The Morgan fingerprint density at radius 2 is 1.71 bits per heavy atom. The fraction of sp³-hybridized carbons (Fsp3) is 0.458. The van der Waals surface area contributed by atoms with Crippen molar-refractivity contribution < 1.29 is 9.53 Å². The molecule has 2 aliphatic heterocycles. The Hall–Kier alpha value is -2.33. The van der Waals surface area contributed by atoms with E-state index in [-0.39, 0.29) is 5.91 Å². The summed E-state index contributed by atoms with van der Waals surface area (Å²) in [5.74, 6) is 1.79. The minimum absolute atomic E-state index is 0.264. The number of likely N-dealkylation sites (tertiary alicyclic amines) is 2. The highest BCUT2D eigenvalue weighted by molar-refractivity contribution is 5.79. The molecule has 4 heteroatoms. The van der Waals surface area contributed by atoms with Crippen LogP contribution in [0.15, 0.2) is 60.7 Å². The second kappa shape index (κ2) is 9.24. The van der Waals surface area contributed by atoms with Gasteiger partial charge >= 0.3 is 0 Å². The van der Waals surface area contributed by atoms with E-state index in [2.05, 4.69) is 9.80 Å². The van der Waals surface area contributed by atoms with Gasteiger partial charge < -0.3 is 9.64 Å². The molecule has 1 amide bonds. The van der Waals surface area contributed by atoms with Gasteiger partial charge in [0, 0.05) is 25.7 Å². The smallest absolute Gasteiger partial charge is 0.227 e. The number of hydrogen-bond donors (Lipinski definition) is 0. The van der Waals surface area contributed by atoms with Crippen molar-refractivity contribution in [1.82, 2.24) is 9.80 Å². The molecule has 2 fully saturated rings. The Morgan fingerprint density at radius 1 is 0.964 bits per heavy atom. The molecule has 0 spiro atoms. The lowest BCUT2D eigenvalue weighted by molar-refractivity contribution is -0.129. The lowest BCUT2D eigenvalue weighted by atomic mass is 9.98. The number of amides is 1. The van der Waals surface area contributed by atoms with Crippen molar-refractivity contribution in [3.8, 4) is 5.75 Å². The molecule has 2 aliphatic rings. The minimum atomic E-state index is 0.264. The highest BCUT2D eigenvalue weighted by atomic mass is 16.5. The molecule has 0 aliphatic carbocycles. The number of hydrogen-bond acceptors (Lipinski definition) is 3. The molecule has 2 atom stereocenters. The van der Waals surface area contributed by atoms with Crippen molar-refractivity contribution in [1.29, 1.82) is 0 Å². The van der Waals surface area contributed by atoms with Crippen LogP contribution in [0.5, 0.6) is 5.75 Å². The van der Waals surface area contributed by atoms with E-state index in [0.717, 1.165) is 37.5 Å². The van der Waals surface area contributed by atoms with Crippen LogP contribution in [0.2, 0.25) is 0 Å². The number of carbonyl (C=O) groups is 1. The summed E-state index contributed by atoms with van der Waals surface area (Å²) in [5.41, 5.74) is 1.10. The van der Waals surface area contributed by atoms with Crippen LogP contribution in [0.25, 0.3) is 0 Å². The van der Waals surface area contributed by atoms with Crippen LogP contribution in [-0.4, -0.2) is 54.5 Å². The number of rotatable bonds is 6. The van der Waals surface area contributed by atoms with Gasteiger partial charge in [-0.2, -0.15) is 0 Å². The van der Waals surface area contributed by atoms with Crippen LogP contribution >= 0.6 is 0 Å². The summed E-state index contributed by atoms with van der Waals surface area (Å²) >= 11 is 0. The first-order valence-corrected chi connectivity index (χ1v) is 10.5. The number of para-hydroxylation sites is 1. The van der Waals surface area contributed by atoms with Crippen LogP contribution in [0.4, 0.5) is 0 Å². The molecule has 0 N–H and O–H groups in total. The van der Waals surface area contributed by atoms with Gasteiger partial charge in [0.25, 0.3) is 0 Å². The molecule has 4 nitrogen and oxygen atoms in total. The topological polar surface area (TPSA) is 32.8 Å². The second-order valence-corrected chi connectivity index (χ2v) is 7.98. The summed E-state index contributed by atoms with van der Waals surface area (Å²) in [6.07, 6.45) is 4.25. The Labute approximate surface area is 168 Å². The second-order valence-electron chi connectivity index (χ2n) is 7.98. The van der Waals surface area contributed by atoms with E-state index in [4.69, 9.17) is 4.74 Å². The van der Waals surface area contributed by atoms with Crippen molar-refractivity contribution >= 4 is 5.91 Å². The first-order valence-electron chi connectivity index (χ1n) is 10.5. The molecular weight excluding hydrogens is 348 g/mol. The molecule has 4 rings (SSSR count). The highest BCUT2D eigenvalue weighted by Gasteiger charge is 2.39. The maximum absolute atomic E-state index is 12.8. The fourth-order valence-electron chi connectivity index (χ4n) is 4.60. The van der Waals surface area contributed by atoms with Crippen molar-refractivity contribution in [2.24, 2.45) is 5.92 Å². The monoisotopic (exact) mass is 378 g/mol. The van der Waals surface area contributed by atoms with E-state index < -0.39 is 0 Å². The summed E-state index contributed by atoms with van der Waals surface area (Å²) in [5, 5.41) is 0. The fourth-order valence-corrected chi connectivity index (χ4v) is 4.60. The molecule has 2 aromatic carbocycles. The molecule has 28 heavy (non-hydrogen) atoms. The van der Waals surface area contributed by atoms with Crippen LogP contribution < -0.4 is 4.74 Å². The lowest BCUT2D eigenvalue weighted by Gasteiger charge is -2.29. The number of fused-ring (bicyclic) bond motifs is 1. The van der Waals surface area contributed by atoms with E-state index in [9.17, 15) is 4.79 Å². The SMILES string of the molecule is O=C(Cc1ccccc1)N1C[C@@H]2CCCCN(CCOc3ccccc3)[C@@H]2C1. The van der Waals surface area contributed by atoms with Crippen LogP contribution in [0.1, 0.15) is 24.8 Å². The molecule has 0 unspecified atom stereocenters. The van der Waals surface area contributed by atoms with E-state index in [1.165, 1.54) is 19.3 Å². The van der Waals surface area contributed by atoms with E-state index in [1.54, 1.807) is 0 Å². The number of benzene rings is 2. The largest absolute Gasteiger partial charge is 0.492 e. The lowest BCUT2D eigenvalue weighted by Crippen LogP contribution is -2.43. The Balaban J connectivity index is 1.33. The summed E-state index contributed by atoms with van der Waals surface area (Å²) in [4.78, 5) is 17.5. The van der Waals surface area contributed by atoms with Crippen molar-refractivity contribution in [3.05, 3.63) is 66.2 Å². The summed E-state index contributed by atoms with van der Waals surface area (Å²) in [6.45, 7) is 4.51. The van der Waals surface area contributed by atoms with Gasteiger partial charge in [0.1, 0.15) is 12.4 Å². The molecule has 148 valence electrons. The molecule has 0 saturated carbocycles. The third-order valence-corrected chi connectivity index (χ3v) is 6.09.